The van der Waals surface area contributed by atoms with Crippen molar-refractivity contribution in [1.29, 1.82) is 0 Å². The predicted octanol–water partition coefficient (Wildman–Crippen LogP) is 1.64. The highest BCUT2D eigenvalue weighted by Gasteiger charge is 2.34. The van der Waals surface area contributed by atoms with Crippen LogP contribution in [0.15, 0.2) is 0 Å². The van der Waals surface area contributed by atoms with E-state index < -0.39 is 11.5 Å². The number of carbonyl (C=O) groups is 1. The summed E-state index contributed by atoms with van der Waals surface area (Å²) in [6, 6.07) is 0.0163. The van der Waals surface area contributed by atoms with Crippen LogP contribution >= 0.6 is 0 Å². The van der Waals surface area contributed by atoms with Crippen LogP contribution in [0.1, 0.15) is 40.5 Å². The molecule has 4 heteroatoms. The van der Waals surface area contributed by atoms with E-state index >= 15 is 0 Å². The van der Waals surface area contributed by atoms with Gasteiger partial charge in [-0.15, -0.1) is 0 Å². The van der Waals surface area contributed by atoms with Crippen molar-refractivity contribution >= 4 is 5.97 Å². The second kappa shape index (κ2) is 6.08. The molecule has 3 atom stereocenters. The molecular formula is C11H23NO3. The summed E-state index contributed by atoms with van der Waals surface area (Å²) in [4.78, 5) is 11.2. The molecule has 0 aromatic rings. The molecule has 0 heterocycles. The fourth-order valence-corrected chi connectivity index (χ4v) is 1.56. The van der Waals surface area contributed by atoms with Gasteiger partial charge < -0.3 is 9.84 Å². The Morgan fingerprint density at radius 3 is 2.40 bits per heavy atom. The lowest BCUT2D eigenvalue weighted by Crippen LogP contribution is -2.55. The maximum atomic E-state index is 11.2. The number of rotatable bonds is 7. The Morgan fingerprint density at radius 2 is 2.07 bits per heavy atom. The summed E-state index contributed by atoms with van der Waals surface area (Å²) in [7, 11) is 1.63. The van der Waals surface area contributed by atoms with Crippen molar-refractivity contribution in [2.75, 3.05) is 7.11 Å². The van der Waals surface area contributed by atoms with Gasteiger partial charge in [-0.05, 0) is 27.2 Å². The molecule has 0 spiro atoms. The van der Waals surface area contributed by atoms with E-state index in [0.29, 0.717) is 6.42 Å². The van der Waals surface area contributed by atoms with Crippen LogP contribution in [0.3, 0.4) is 0 Å². The summed E-state index contributed by atoms with van der Waals surface area (Å²) in [6.07, 6.45) is 1.45. The topological polar surface area (TPSA) is 58.6 Å². The lowest BCUT2D eigenvalue weighted by Gasteiger charge is -2.32. The van der Waals surface area contributed by atoms with Gasteiger partial charge in [0.15, 0.2) is 0 Å². The average molecular weight is 217 g/mol. The van der Waals surface area contributed by atoms with Gasteiger partial charge in [-0.1, -0.05) is 13.3 Å². The SMILES string of the molecule is CCCC(C)(NC(C)C(C)OC)C(=O)O. The van der Waals surface area contributed by atoms with E-state index in [1.807, 2.05) is 20.8 Å². The molecule has 0 saturated carbocycles. The third-order valence-corrected chi connectivity index (χ3v) is 2.84. The summed E-state index contributed by atoms with van der Waals surface area (Å²) in [5.74, 6) is -0.806. The van der Waals surface area contributed by atoms with Crippen molar-refractivity contribution in [3.63, 3.8) is 0 Å². The van der Waals surface area contributed by atoms with Crippen LogP contribution < -0.4 is 5.32 Å². The molecule has 0 fully saturated rings. The van der Waals surface area contributed by atoms with Crippen LogP contribution in [0, 0.1) is 0 Å². The third kappa shape index (κ3) is 4.18. The highest BCUT2D eigenvalue weighted by atomic mass is 16.5. The molecule has 0 aliphatic rings. The van der Waals surface area contributed by atoms with E-state index in [9.17, 15) is 4.79 Å². The third-order valence-electron chi connectivity index (χ3n) is 2.84. The molecule has 0 aliphatic heterocycles. The molecule has 4 nitrogen and oxygen atoms in total. The predicted molar refractivity (Wildman–Crippen MR) is 60.0 cm³/mol. The van der Waals surface area contributed by atoms with E-state index in [1.165, 1.54) is 0 Å². The number of ether oxygens (including phenoxy) is 1. The largest absolute Gasteiger partial charge is 0.480 e. The first-order chi connectivity index (χ1) is 6.87. The van der Waals surface area contributed by atoms with Crippen LogP contribution in [0.4, 0.5) is 0 Å². The Hall–Kier alpha value is -0.610. The van der Waals surface area contributed by atoms with Gasteiger partial charge in [-0.3, -0.25) is 10.1 Å². The Kier molecular flexibility index (Phi) is 5.83. The lowest BCUT2D eigenvalue weighted by atomic mass is 9.94. The summed E-state index contributed by atoms with van der Waals surface area (Å²) in [6.45, 7) is 7.56. The minimum absolute atomic E-state index is 0.000492. The van der Waals surface area contributed by atoms with Crippen molar-refractivity contribution < 1.29 is 14.6 Å². The Morgan fingerprint density at radius 1 is 1.53 bits per heavy atom. The van der Waals surface area contributed by atoms with Crippen LogP contribution in [-0.2, 0) is 9.53 Å². The first-order valence-electron chi connectivity index (χ1n) is 5.41. The second-order valence-electron chi connectivity index (χ2n) is 4.26. The zero-order chi connectivity index (χ0) is 12.1. The van der Waals surface area contributed by atoms with Gasteiger partial charge in [0.2, 0.25) is 0 Å². The first kappa shape index (κ1) is 14.4. The van der Waals surface area contributed by atoms with Crippen molar-refractivity contribution in [2.45, 2.75) is 58.2 Å². The lowest BCUT2D eigenvalue weighted by molar-refractivity contribution is -0.145. The number of aliphatic carboxylic acids is 1. The van der Waals surface area contributed by atoms with Crippen molar-refractivity contribution in [1.82, 2.24) is 5.32 Å². The summed E-state index contributed by atoms with van der Waals surface area (Å²) < 4.78 is 5.16. The van der Waals surface area contributed by atoms with Gasteiger partial charge in [-0.25, -0.2) is 0 Å². The van der Waals surface area contributed by atoms with E-state index in [-0.39, 0.29) is 12.1 Å². The van der Waals surface area contributed by atoms with Gasteiger partial charge in [0.1, 0.15) is 5.54 Å². The number of hydrogen-bond acceptors (Lipinski definition) is 3. The molecule has 0 amide bonds. The molecule has 90 valence electrons. The molecule has 2 N–H and O–H groups in total. The average Bonchev–Trinajstić information content (AvgIpc) is 2.16. The fraction of sp³-hybridized carbons (Fsp3) is 0.909. The molecular weight excluding hydrogens is 194 g/mol. The summed E-state index contributed by atoms with van der Waals surface area (Å²) in [5.41, 5.74) is -0.860. The van der Waals surface area contributed by atoms with Crippen molar-refractivity contribution in [3.05, 3.63) is 0 Å². The minimum atomic E-state index is -0.860. The highest BCUT2D eigenvalue weighted by Crippen LogP contribution is 2.15. The number of hydrogen-bond donors (Lipinski definition) is 2. The zero-order valence-electron chi connectivity index (χ0n) is 10.3. The molecule has 3 unspecified atom stereocenters. The maximum Gasteiger partial charge on any atom is 0.323 e. The maximum absolute atomic E-state index is 11.2. The molecule has 0 rings (SSSR count). The molecule has 0 aromatic heterocycles. The van der Waals surface area contributed by atoms with Gasteiger partial charge in [0, 0.05) is 13.2 Å². The molecule has 0 saturated heterocycles. The fourth-order valence-electron chi connectivity index (χ4n) is 1.56. The van der Waals surface area contributed by atoms with Crippen molar-refractivity contribution in [3.8, 4) is 0 Å². The normalized spacial score (nSPS) is 19.3. The second-order valence-corrected chi connectivity index (χ2v) is 4.26. The summed E-state index contributed by atoms with van der Waals surface area (Å²) >= 11 is 0. The van der Waals surface area contributed by atoms with Crippen LogP contribution in [0.2, 0.25) is 0 Å². The molecule has 15 heavy (non-hydrogen) atoms. The Labute approximate surface area is 92.0 Å². The number of carboxylic acids is 1. The first-order valence-corrected chi connectivity index (χ1v) is 5.41. The molecule has 0 aromatic carbocycles. The minimum Gasteiger partial charge on any atom is -0.480 e. The highest BCUT2D eigenvalue weighted by molar-refractivity contribution is 5.78. The smallest absolute Gasteiger partial charge is 0.323 e. The Balaban J connectivity index is 4.47. The number of methoxy groups -OCH3 is 1. The number of nitrogens with one attached hydrogen (secondary N) is 1. The molecule has 0 radical (unpaired) electrons. The molecule has 0 bridgehead atoms. The Bertz CT molecular complexity index is 208. The van der Waals surface area contributed by atoms with Gasteiger partial charge in [-0.2, -0.15) is 0 Å². The summed E-state index contributed by atoms with van der Waals surface area (Å²) in [5, 5.41) is 12.3. The van der Waals surface area contributed by atoms with E-state index in [2.05, 4.69) is 5.32 Å². The van der Waals surface area contributed by atoms with Gasteiger partial charge in [0.05, 0.1) is 6.10 Å². The van der Waals surface area contributed by atoms with Gasteiger partial charge >= 0.3 is 5.97 Å². The van der Waals surface area contributed by atoms with E-state index in [0.717, 1.165) is 6.42 Å². The number of carboxylic acid groups (broad SMARTS) is 1. The van der Waals surface area contributed by atoms with E-state index in [1.54, 1.807) is 14.0 Å². The molecule has 0 aliphatic carbocycles. The standard InChI is InChI=1S/C11H23NO3/c1-6-7-11(4,10(13)14)12-8(2)9(3)15-5/h8-9,12H,6-7H2,1-5H3,(H,13,14). The van der Waals surface area contributed by atoms with Crippen molar-refractivity contribution in [2.24, 2.45) is 0 Å². The monoisotopic (exact) mass is 217 g/mol. The quantitative estimate of drug-likeness (QED) is 0.680. The van der Waals surface area contributed by atoms with Crippen LogP contribution in [0.5, 0.6) is 0 Å². The van der Waals surface area contributed by atoms with E-state index in [4.69, 9.17) is 9.84 Å². The van der Waals surface area contributed by atoms with Crippen LogP contribution in [-0.4, -0.2) is 35.9 Å². The van der Waals surface area contributed by atoms with Gasteiger partial charge in [0.25, 0.3) is 0 Å². The zero-order valence-corrected chi connectivity index (χ0v) is 10.3. The van der Waals surface area contributed by atoms with Crippen LogP contribution in [0.25, 0.3) is 0 Å².